The molecule has 0 heterocycles. The van der Waals surface area contributed by atoms with Crippen LogP contribution in [0.25, 0.3) is 0 Å². The van der Waals surface area contributed by atoms with Gasteiger partial charge in [-0.15, -0.1) is 0 Å². The number of anilines is 1. The van der Waals surface area contributed by atoms with E-state index in [9.17, 15) is 4.79 Å². The number of amides is 1. The lowest BCUT2D eigenvalue weighted by Crippen LogP contribution is -2.46. The Morgan fingerprint density at radius 1 is 1.25 bits per heavy atom. The number of carbonyl (C=O) groups excluding carboxylic acids is 1. The van der Waals surface area contributed by atoms with Crippen LogP contribution in [0.3, 0.4) is 0 Å². The number of unbranched alkanes of at least 4 members (excludes halogenated alkanes) is 1. The Balaban J connectivity index is 2.15. The third kappa shape index (κ3) is 3.60. The molecule has 0 saturated heterocycles. The second kappa shape index (κ2) is 7.44. The van der Waals surface area contributed by atoms with Crippen molar-refractivity contribution >= 4 is 11.6 Å². The highest BCUT2D eigenvalue weighted by Gasteiger charge is 2.31. The van der Waals surface area contributed by atoms with Crippen LogP contribution in [-0.4, -0.2) is 18.5 Å². The van der Waals surface area contributed by atoms with E-state index < -0.39 is 0 Å². The molecule has 1 aromatic carbocycles. The number of hydrogen-bond donors (Lipinski definition) is 1. The summed E-state index contributed by atoms with van der Waals surface area (Å²) >= 11 is 0. The van der Waals surface area contributed by atoms with Gasteiger partial charge in [-0.05, 0) is 31.4 Å². The summed E-state index contributed by atoms with van der Waals surface area (Å²) in [4.78, 5) is 14.8. The predicted molar refractivity (Wildman–Crippen MR) is 83.6 cm³/mol. The van der Waals surface area contributed by atoms with Gasteiger partial charge in [-0.3, -0.25) is 4.79 Å². The van der Waals surface area contributed by atoms with Crippen molar-refractivity contribution in [1.29, 1.82) is 0 Å². The van der Waals surface area contributed by atoms with Gasteiger partial charge in [0, 0.05) is 18.3 Å². The molecule has 2 unspecified atom stereocenters. The molecule has 0 spiro atoms. The Bertz CT molecular complexity index is 418. The largest absolute Gasteiger partial charge is 0.327 e. The first kappa shape index (κ1) is 15.0. The zero-order valence-electron chi connectivity index (χ0n) is 12.4. The zero-order chi connectivity index (χ0) is 14.4. The van der Waals surface area contributed by atoms with E-state index in [-0.39, 0.29) is 17.9 Å². The fraction of sp³-hybridized carbons (Fsp3) is 0.588. The highest BCUT2D eigenvalue weighted by Crippen LogP contribution is 2.27. The number of carbonyl (C=O) groups is 1. The van der Waals surface area contributed by atoms with Gasteiger partial charge in [-0.25, -0.2) is 0 Å². The molecule has 3 heteroatoms. The number of hydrogen-bond acceptors (Lipinski definition) is 2. The molecule has 1 saturated carbocycles. The molecule has 2 atom stereocenters. The van der Waals surface area contributed by atoms with Crippen LogP contribution in [0, 0.1) is 5.92 Å². The number of rotatable bonds is 5. The van der Waals surface area contributed by atoms with Crippen LogP contribution in [0.5, 0.6) is 0 Å². The molecule has 1 aromatic rings. The minimum Gasteiger partial charge on any atom is -0.327 e. The Labute approximate surface area is 122 Å². The molecule has 3 nitrogen and oxygen atoms in total. The van der Waals surface area contributed by atoms with Crippen LogP contribution < -0.4 is 10.6 Å². The van der Waals surface area contributed by atoms with Crippen molar-refractivity contribution in [3.63, 3.8) is 0 Å². The predicted octanol–water partition coefficient (Wildman–Crippen LogP) is 3.34. The van der Waals surface area contributed by atoms with Crippen molar-refractivity contribution in [2.24, 2.45) is 11.7 Å². The van der Waals surface area contributed by atoms with Gasteiger partial charge in [0.25, 0.3) is 0 Å². The molecule has 1 fully saturated rings. The zero-order valence-corrected chi connectivity index (χ0v) is 12.4. The Morgan fingerprint density at radius 2 is 1.95 bits per heavy atom. The van der Waals surface area contributed by atoms with Gasteiger partial charge >= 0.3 is 0 Å². The summed E-state index contributed by atoms with van der Waals surface area (Å²) in [5.41, 5.74) is 7.18. The van der Waals surface area contributed by atoms with Gasteiger partial charge in [0.05, 0.1) is 5.92 Å². The third-order valence-corrected chi connectivity index (χ3v) is 4.21. The second-order valence-corrected chi connectivity index (χ2v) is 5.73. The average Bonchev–Trinajstić information content (AvgIpc) is 2.49. The van der Waals surface area contributed by atoms with Crippen LogP contribution >= 0.6 is 0 Å². The van der Waals surface area contributed by atoms with Gasteiger partial charge in [-0.2, -0.15) is 0 Å². The fourth-order valence-corrected chi connectivity index (χ4v) is 2.96. The lowest BCUT2D eigenvalue weighted by molar-refractivity contribution is -0.123. The van der Waals surface area contributed by atoms with Crippen LogP contribution in [0.15, 0.2) is 30.3 Å². The highest BCUT2D eigenvalue weighted by molar-refractivity contribution is 5.95. The van der Waals surface area contributed by atoms with E-state index in [1.807, 2.05) is 35.2 Å². The maximum absolute atomic E-state index is 12.9. The minimum atomic E-state index is 0.000752. The smallest absolute Gasteiger partial charge is 0.231 e. The standard InChI is InChI=1S/C17H26N2O/c1-2-3-13-19(14-9-5-4-6-10-14)17(20)15-11-7-8-12-16(15)18/h4-6,9-10,15-16H,2-3,7-8,11-13,18H2,1H3. The van der Waals surface area contributed by atoms with Gasteiger partial charge in [0.1, 0.15) is 0 Å². The molecular weight excluding hydrogens is 248 g/mol. The summed E-state index contributed by atoms with van der Waals surface area (Å²) in [6.07, 6.45) is 6.32. The van der Waals surface area contributed by atoms with Gasteiger partial charge in [0.2, 0.25) is 5.91 Å². The second-order valence-electron chi connectivity index (χ2n) is 5.73. The van der Waals surface area contributed by atoms with E-state index >= 15 is 0 Å². The maximum atomic E-state index is 12.9. The van der Waals surface area contributed by atoms with E-state index in [1.54, 1.807) is 0 Å². The molecular formula is C17H26N2O. The monoisotopic (exact) mass is 274 g/mol. The summed E-state index contributed by atoms with van der Waals surface area (Å²) < 4.78 is 0. The summed E-state index contributed by atoms with van der Waals surface area (Å²) in [7, 11) is 0. The highest BCUT2D eigenvalue weighted by atomic mass is 16.2. The first-order chi connectivity index (χ1) is 9.74. The molecule has 1 aliphatic carbocycles. The summed E-state index contributed by atoms with van der Waals surface area (Å²) in [5, 5.41) is 0. The van der Waals surface area contributed by atoms with E-state index in [2.05, 4.69) is 6.92 Å². The number of para-hydroxylation sites is 1. The SMILES string of the molecule is CCCCN(C(=O)C1CCCCC1N)c1ccccc1. The average molecular weight is 274 g/mol. The van der Waals surface area contributed by atoms with Gasteiger partial charge in [-0.1, -0.05) is 44.4 Å². The molecule has 0 aromatic heterocycles. The van der Waals surface area contributed by atoms with Gasteiger partial charge in [0.15, 0.2) is 0 Å². The van der Waals surface area contributed by atoms with Gasteiger partial charge < -0.3 is 10.6 Å². The molecule has 0 bridgehead atoms. The molecule has 20 heavy (non-hydrogen) atoms. The van der Waals surface area contributed by atoms with Crippen LogP contribution in [0.4, 0.5) is 5.69 Å². The lowest BCUT2D eigenvalue weighted by Gasteiger charge is -2.33. The molecule has 1 amide bonds. The van der Waals surface area contributed by atoms with Crippen molar-refractivity contribution in [3.05, 3.63) is 30.3 Å². The van der Waals surface area contributed by atoms with Crippen LogP contribution in [0.1, 0.15) is 45.4 Å². The number of nitrogens with two attached hydrogens (primary N) is 1. The fourth-order valence-electron chi connectivity index (χ4n) is 2.96. The van der Waals surface area contributed by atoms with E-state index in [4.69, 9.17) is 5.73 Å². The molecule has 0 aliphatic heterocycles. The molecule has 0 radical (unpaired) electrons. The first-order valence-electron chi connectivity index (χ1n) is 7.86. The van der Waals surface area contributed by atoms with Crippen molar-refractivity contribution in [3.8, 4) is 0 Å². The third-order valence-electron chi connectivity index (χ3n) is 4.21. The molecule has 1 aliphatic rings. The lowest BCUT2D eigenvalue weighted by atomic mass is 9.84. The van der Waals surface area contributed by atoms with Crippen molar-refractivity contribution in [1.82, 2.24) is 0 Å². The Hall–Kier alpha value is -1.35. The molecule has 2 rings (SSSR count). The first-order valence-corrected chi connectivity index (χ1v) is 7.86. The topological polar surface area (TPSA) is 46.3 Å². The molecule has 2 N–H and O–H groups in total. The van der Waals surface area contributed by atoms with Crippen molar-refractivity contribution in [2.45, 2.75) is 51.5 Å². The Morgan fingerprint density at radius 3 is 2.60 bits per heavy atom. The summed E-state index contributed by atoms with van der Waals surface area (Å²) in [5.74, 6) is 0.220. The van der Waals surface area contributed by atoms with E-state index in [0.29, 0.717) is 0 Å². The van der Waals surface area contributed by atoms with E-state index in [1.165, 1.54) is 0 Å². The normalized spacial score (nSPS) is 22.5. The maximum Gasteiger partial charge on any atom is 0.231 e. The quantitative estimate of drug-likeness (QED) is 0.895. The molecule has 110 valence electrons. The number of nitrogens with zero attached hydrogens (tertiary/aromatic N) is 1. The van der Waals surface area contributed by atoms with E-state index in [0.717, 1.165) is 50.8 Å². The summed E-state index contributed by atoms with van der Waals surface area (Å²) in [6.45, 7) is 2.95. The number of benzene rings is 1. The Kier molecular flexibility index (Phi) is 5.60. The van der Waals surface area contributed by atoms with Crippen LogP contribution in [0.2, 0.25) is 0 Å². The minimum absolute atomic E-state index is 0.000752. The van der Waals surface area contributed by atoms with Crippen molar-refractivity contribution in [2.75, 3.05) is 11.4 Å². The summed E-state index contributed by atoms with van der Waals surface area (Å²) in [6, 6.07) is 10.0. The van der Waals surface area contributed by atoms with Crippen LogP contribution in [-0.2, 0) is 4.79 Å². The van der Waals surface area contributed by atoms with Crippen molar-refractivity contribution < 1.29 is 4.79 Å².